The number of nitrogens with two attached hydrogens (primary N) is 1. The van der Waals surface area contributed by atoms with E-state index in [4.69, 9.17) is 18.0 Å². The summed E-state index contributed by atoms with van der Waals surface area (Å²) in [7, 11) is 0. The molecule has 0 unspecified atom stereocenters. The molecule has 3 N–H and O–H groups in total. The van der Waals surface area contributed by atoms with E-state index in [9.17, 15) is 4.39 Å². The Kier molecular flexibility index (Phi) is 4.55. The van der Waals surface area contributed by atoms with Crippen LogP contribution in [0, 0.1) is 5.82 Å². The molecule has 2 rings (SSSR count). The van der Waals surface area contributed by atoms with Crippen LogP contribution in [-0.2, 0) is 0 Å². The summed E-state index contributed by atoms with van der Waals surface area (Å²) >= 11 is 4.71. The van der Waals surface area contributed by atoms with Crippen molar-refractivity contribution < 1.29 is 4.39 Å². The molecule has 1 saturated heterocycles. The second kappa shape index (κ2) is 6.16. The number of benzene rings is 1. The van der Waals surface area contributed by atoms with Crippen LogP contribution in [0.1, 0.15) is 6.92 Å². The number of nitrogens with zero attached hydrogens (tertiary/aromatic N) is 2. The van der Waals surface area contributed by atoms with E-state index in [1.807, 2.05) is 6.07 Å². The minimum absolute atomic E-state index is 0.0724. The molecule has 104 valence electrons. The first-order valence-electron chi connectivity index (χ1n) is 6.43. The highest BCUT2D eigenvalue weighted by atomic mass is 32.1. The van der Waals surface area contributed by atoms with Crippen LogP contribution in [-0.4, -0.2) is 42.7 Å². The zero-order valence-electron chi connectivity index (χ0n) is 11.0. The summed E-state index contributed by atoms with van der Waals surface area (Å²) in [4.78, 5) is 4.58. The van der Waals surface area contributed by atoms with Gasteiger partial charge in [-0.25, -0.2) is 4.39 Å². The van der Waals surface area contributed by atoms with Gasteiger partial charge >= 0.3 is 0 Å². The molecule has 1 aromatic carbocycles. The summed E-state index contributed by atoms with van der Waals surface area (Å²) in [5.74, 6) is -0.330. The Labute approximate surface area is 118 Å². The van der Waals surface area contributed by atoms with E-state index in [0.717, 1.165) is 38.4 Å². The standard InChI is InChI=1S/C13H19FN4S/c1-2-17-5-7-18(8-6-17)10-3-4-12(11(14)9-10)16-13(15)19/h3-4,9H,2,5-8H2,1H3,(H3,15,16,19). The molecular formula is C13H19FN4S. The number of likely N-dealkylation sites (N-methyl/N-ethyl adjacent to an activating group) is 1. The van der Waals surface area contributed by atoms with Gasteiger partial charge in [-0.2, -0.15) is 0 Å². The number of nitrogens with one attached hydrogen (secondary N) is 1. The van der Waals surface area contributed by atoms with Crippen molar-refractivity contribution in [2.24, 2.45) is 5.73 Å². The van der Waals surface area contributed by atoms with Gasteiger partial charge in [-0.05, 0) is 37.0 Å². The fraction of sp³-hybridized carbons (Fsp3) is 0.462. The molecule has 0 spiro atoms. The van der Waals surface area contributed by atoms with Crippen LogP contribution in [0.25, 0.3) is 0 Å². The molecule has 1 heterocycles. The summed E-state index contributed by atoms with van der Waals surface area (Å²) in [6, 6.07) is 5.10. The van der Waals surface area contributed by atoms with E-state index >= 15 is 0 Å². The fourth-order valence-corrected chi connectivity index (χ4v) is 2.37. The Morgan fingerprint density at radius 1 is 1.37 bits per heavy atom. The molecule has 0 aliphatic carbocycles. The molecule has 1 aliphatic rings. The van der Waals surface area contributed by atoms with Gasteiger partial charge in [0.05, 0.1) is 5.69 Å². The van der Waals surface area contributed by atoms with Crippen molar-refractivity contribution in [1.29, 1.82) is 0 Å². The molecule has 4 nitrogen and oxygen atoms in total. The van der Waals surface area contributed by atoms with Gasteiger partial charge < -0.3 is 20.9 Å². The highest BCUT2D eigenvalue weighted by molar-refractivity contribution is 7.80. The van der Waals surface area contributed by atoms with Crippen molar-refractivity contribution in [3.8, 4) is 0 Å². The lowest BCUT2D eigenvalue weighted by Crippen LogP contribution is -2.46. The Balaban J connectivity index is 2.06. The minimum atomic E-state index is -0.330. The number of halogens is 1. The molecule has 0 atom stereocenters. The monoisotopic (exact) mass is 282 g/mol. The smallest absolute Gasteiger partial charge is 0.168 e. The Morgan fingerprint density at radius 3 is 2.58 bits per heavy atom. The van der Waals surface area contributed by atoms with Gasteiger partial charge in [0.15, 0.2) is 5.11 Å². The lowest BCUT2D eigenvalue weighted by Gasteiger charge is -2.35. The molecular weight excluding hydrogens is 263 g/mol. The summed E-state index contributed by atoms with van der Waals surface area (Å²) < 4.78 is 13.9. The third-order valence-corrected chi connectivity index (χ3v) is 3.50. The largest absolute Gasteiger partial charge is 0.376 e. The number of piperazine rings is 1. The highest BCUT2D eigenvalue weighted by Crippen LogP contribution is 2.23. The van der Waals surface area contributed by atoms with Gasteiger partial charge in [-0.15, -0.1) is 0 Å². The third-order valence-electron chi connectivity index (χ3n) is 3.40. The number of anilines is 2. The zero-order valence-corrected chi connectivity index (χ0v) is 11.8. The van der Waals surface area contributed by atoms with Gasteiger partial charge in [0, 0.05) is 31.9 Å². The van der Waals surface area contributed by atoms with Crippen molar-refractivity contribution >= 4 is 28.7 Å². The first-order valence-corrected chi connectivity index (χ1v) is 6.84. The predicted octanol–water partition coefficient (Wildman–Crippen LogP) is 1.62. The fourth-order valence-electron chi connectivity index (χ4n) is 2.26. The molecule has 0 amide bonds. The third kappa shape index (κ3) is 3.54. The van der Waals surface area contributed by atoms with E-state index in [1.165, 1.54) is 6.07 Å². The number of rotatable bonds is 3. The van der Waals surface area contributed by atoms with Crippen LogP contribution in [0.4, 0.5) is 15.8 Å². The molecule has 0 aromatic heterocycles. The van der Waals surface area contributed by atoms with Crippen LogP contribution >= 0.6 is 12.2 Å². The van der Waals surface area contributed by atoms with Crippen molar-refractivity contribution in [1.82, 2.24) is 4.90 Å². The molecule has 1 aromatic rings. The van der Waals surface area contributed by atoms with Gasteiger partial charge in [0.1, 0.15) is 5.82 Å². The van der Waals surface area contributed by atoms with Crippen LogP contribution < -0.4 is 16.0 Å². The summed E-state index contributed by atoms with van der Waals surface area (Å²) in [6.07, 6.45) is 0. The number of hydrogen-bond acceptors (Lipinski definition) is 3. The molecule has 1 fully saturated rings. The van der Waals surface area contributed by atoms with Gasteiger partial charge in [0.2, 0.25) is 0 Å². The quantitative estimate of drug-likeness (QED) is 0.825. The summed E-state index contributed by atoms with van der Waals surface area (Å²) in [5, 5.41) is 2.70. The van der Waals surface area contributed by atoms with Crippen molar-refractivity contribution in [3.63, 3.8) is 0 Å². The van der Waals surface area contributed by atoms with Crippen molar-refractivity contribution in [2.45, 2.75) is 6.92 Å². The predicted molar refractivity (Wildman–Crippen MR) is 81.1 cm³/mol. The number of hydrogen-bond donors (Lipinski definition) is 2. The van der Waals surface area contributed by atoms with Gasteiger partial charge in [-0.1, -0.05) is 6.92 Å². The van der Waals surface area contributed by atoms with Crippen molar-refractivity contribution in [2.75, 3.05) is 42.9 Å². The van der Waals surface area contributed by atoms with E-state index in [0.29, 0.717) is 5.69 Å². The molecule has 0 radical (unpaired) electrons. The van der Waals surface area contributed by atoms with E-state index < -0.39 is 0 Å². The maximum Gasteiger partial charge on any atom is 0.168 e. The summed E-state index contributed by atoms with van der Waals surface area (Å²) in [5.41, 5.74) is 6.57. The first-order chi connectivity index (χ1) is 9.10. The average Bonchev–Trinajstić information content (AvgIpc) is 2.41. The molecule has 0 saturated carbocycles. The van der Waals surface area contributed by atoms with E-state index in [-0.39, 0.29) is 10.9 Å². The lowest BCUT2D eigenvalue weighted by atomic mass is 10.2. The SMILES string of the molecule is CCN1CCN(c2ccc(NC(N)=S)c(F)c2)CC1. The Bertz CT molecular complexity index is 458. The maximum absolute atomic E-state index is 13.9. The maximum atomic E-state index is 13.9. The van der Waals surface area contributed by atoms with Crippen LogP contribution in [0.5, 0.6) is 0 Å². The Hall–Kier alpha value is -1.40. The second-order valence-electron chi connectivity index (χ2n) is 4.57. The molecule has 0 bridgehead atoms. The molecule has 1 aliphatic heterocycles. The second-order valence-corrected chi connectivity index (χ2v) is 5.01. The molecule has 19 heavy (non-hydrogen) atoms. The topological polar surface area (TPSA) is 44.5 Å². The highest BCUT2D eigenvalue weighted by Gasteiger charge is 2.16. The van der Waals surface area contributed by atoms with Crippen molar-refractivity contribution in [3.05, 3.63) is 24.0 Å². The first kappa shape index (κ1) is 14.0. The average molecular weight is 282 g/mol. The van der Waals surface area contributed by atoms with Crippen LogP contribution in [0.2, 0.25) is 0 Å². The summed E-state index contributed by atoms with van der Waals surface area (Å²) in [6.45, 7) is 7.12. The normalized spacial score (nSPS) is 16.4. The minimum Gasteiger partial charge on any atom is -0.376 e. The molecule has 6 heteroatoms. The zero-order chi connectivity index (χ0) is 13.8. The van der Waals surface area contributed by atoms with Crippen LogP contribution in [0.15, 0.2) is 18.2 Å². The van der Waals surface area contributed by atoms with Gasteiger partial charge in [0.25, 0.3) is 0 Å². The number of thiocarbonyl (C=S) groups is 1. The van der Waals surface area contributed by atoms with Gasteiger partial charge in [-0.3, -0.25) is 0 Å². The lowest BCUT2D eigenvalue weighted by molar-refractivity contribution is 0.271. The van der Waals surface area contributed by atoms with Crippen LogP contribution in [0.3, 0.4) is 0 Å². The van der Waals surface area contributed by atoms with E-state index in [2.05, 4.69) is 22.0 Å². The Morgan fingerprint density at radius 2 is 2.05 bits per heavy atom. The van der Waals surface area contributed by atoms with E-state index in [1.54, 1.807) is 6.07 Å².